The predicted molar refractivity (Wildman–Crippen MR) is 71.6 cm³/mol. The second-order valence-corrected chi connectivity index (χ2v) is 5.42. The molecule has 0 radical (unpaired) electrons. The van der Waals surface area contributed by atoms with Gasteiger partial charge in [-0.05, 0) is 30.0 Å². The molecule has 0 saturated carbocycles. The lowest BCUT2D eigenvalue weighted by atomic mass is 9.96. The van der Waals surface area contributed by atoms with Crippen LogP contribution >= 0.6 is 15.9 Å². The van der Waals surface area contributed by atoms with Crippen molar-refractivity contribution in [3.05, 3.63) is 33.8 Å². The third-order valence-electron chi connectivity index (χ3n) is 3.21. The van der Waals surface area contributed by atoms with Crippen LogP contribution in [0.15, 0.2) is 22.7 Å². The molecule has 4 nitrogen and oxygen atoms in total. The minimum atomic E-state index is -0.973. The Labute approximate surface area is 114 Å². The number of rotatable bonds is 4. The summed E-state index contributed by atoms with van der Waals surface area (Å²) in [5, 5.41) is 8.79. The standard InChI is InChI=1S/C13H16BrNO3/c14-11-5-8(6-12(15)13(16)17)1-2-10(11)9-3-4-18-7-9/h1-2,5,9,12H,3-4,6-7,15H2,(H,16,17). The topological polar surface area (TPSA) is 72.5 Å². The number of aliphatic carboxylic acids is 1. The van der Waals surface area contributed by atoms with Crippen LogP contribution in [0.4, 0.5) is 0 Å². The smallest absolute Gasteiger partial charge is 0.320 e. The van der Waals surface area contributed by atoms with E-state index in [1.165, 1.54) is 5.56 Å². The maximum absolute atomic E-state index is 10.7. The van der Waals surface area contributed by atoms with Crippen LogP contribution in [0, 0.1) is 0 Å². The third kappa shape index (κ3) is 3.10. The van der Waals surface area contributed by atoms with Gasteiger partial charge in [0, 0.05) is 17.0 Å². The van der Waals surface area contributed by atoms with E-state index >= 15 is 0 Å². The molecular weight excluding hydrogens is 298 g/mol. The molecule has 0 amide bonds. The molecule has 1 aromatic rings. The van der Waals surface area contributed by atoms with Crippen molar-refractivity contribution in [1.82, 2.24) is 0 Å². The lowest BCUT2D eigenvalue weighted by molar-refractivity contribution is -0.138. The lowest BCUT2D eigenvalue weighted by Gasteiger charge is -2.13. The van der Waals surface area contributed by atoms with Crippen LogP contribution < -0.4 is 5.73 Å². The lowest BCUT2D eigenvalue weighted by Crippen LogP contribution is -2.32. The second kappa shape index (κ2) is 5.82. The Hall–Kier alpha value is -0.910. The molecular formula is C13H16BrNO3. The van der Waals surface area contributed by atoms with Crippen molar-refractivity contribution in [2.45, 2.75) is 24.8 Å². The molecule has 0 aromatic heterocycles. The molecule has 5 heteroatoms. The highest BCUT2D eigenvalue weighted by atomic mass is 79.9. The van der Waals surface area contributed by atoms with Crippen molar-refractivity contribution in [1.29, 1.82) is 0 Å². The highest BCUT2D eigenvalue weighted by molar-refractivity contribution is 9.10. The molecule has 1 fully saturated rings. The van der Waals surface area contributed by atoms with Crippen LogP contribution in [0.25, 0.3) is 0 Å². The van der Waals surface area contributed by atoms with Gasteiger partial charge in [-0.3, -0.25) is 4.79 Å². The Bertz CT molecular complexity index is 444. The molecule has 0 bridgehead atoms. The molecule has 3 N–H and O–H groups in total. The number of carboxylic acid groups (broad SMARTS) is 1. The van der Waals surface area contributed by atoms with Crippen molar-refractivity contribution in [2.75, 3.05) is 13.2 Å². The number of carboxylic acids is 1. The van der Waals surface area contributed by atoms with E-state index in [0.29, 0.717) is 12.3 Å². The summed E-state index contributed by atoms with van der Waals surface area (Å²) < 4.78 is 6.38. The summed E-state index contributed by atoms with van der Waals surface area (Å²) in [5.41, 5.74) is 7.68. The quantitative estimate of drug-likeness (QED) is 0.890. The first-order chi connectivity index (χ1) is 8.58. The fourth-order valence-corrected chi connectivity index (χ4v) is 2.90. The summed E-state index contributed by atoms with van der Waals surface area (Å²) in [6, 6.07) is 5.09. The Morgan fingerprint density at radius 2 is 2.39 bits per heavy atom. The molecule has 1 aliphatic heterocycles. The van der Waals surface area contributed by atoms with E-state index in [9.17, 15) is 4.79 Å². The molecule has 1 aromatic carbocycles. The van der Waals surface area contributed by atoms with E-state index in [0.717, 1.165) is 29.7 Å². The van der Waals surface area contributed by atoms with E-state index in [2.05, 4.69) is 15.9 Å². The minimum Gasteiger partial charge on any atom is -0.480 e. The summed E-state index contributed by atoms with van der Waals surface area (Å²) in [4.78, 5) is 10.7. The van der Waals surface area contributed by atoms with Crippen molar-refractivity contribution in [3.63, 3.8) is 0 Å². The van der Waals surface area contributed by atoms with E-state index in [1.807, 2.05) is 18.2 Å². The van der Waals surface area contributed by atoms with Crippen molar-refractivity contribution >= 4 is 21.9 Å². The van der Waals surface area contributed by atoms with Crippen LogP contribution in [0.3, 0.4) is 0 Å². The van der Waals surface area contributed by atoms with Crippen molar-refractivity contribution < 1.29 is 14.6 Å². The number of benzene rings is 1. The first kappa shape index (κ1) is 13.5. The van der Waals surface area contributed by atoms with Gasteiger partial charge < -0.3 is 15.6 Å². The van der Waals surface area contributed by atoms with E-state index < -0.39 is 12.0 Å². The summed E-state index contributed by atoms with van der Waals surface area (Å²) >= 11 is 3.54. The van der Waals surface area contributed by atoms with E-state index in [-0.39, 0.29) is 0 Å². The first-order valence-corrected chi connectivity index (χ1v) is 6.71. The molecule has 98 valence electrons. The van der Waals surface area contributed by atoms with Gasteiger partial charge in [0.15, 0.2) is 0 Å². The SMILES string of the molecule is NC(Cc1ccc(C2CCOC2)c(Br)c1)C(=O)O. The highest BCUT2D eigenvalue weighted by Gasteiger charge is 2.20. The number of nitrogens with two attached hydrogens (primary N) is 1. The monoisotopic (exact) mass is 313 g/mol. The Kier molecular flexibility index (Phi) is 4.37. The fourth-order valence-electron chi connectivity index (χ4n) is 2.15. The zero-order valence-electron chi connectivity index (χ0n) is 9.93. The van der Waals surface area contributed by atoms with E-state index in [1.54, 1.807) is 0 Å². The molecule has 1 heterocycles. The van der Waals surface area contributed by atoms with Gasteiger partial charge in [0.1, 0.15) is 6.04 Å². The van der Waals surface area contributed by atoms with Gasteiger partial charge in [-0.2, -0.15) is 0 Å². The van der Waals surface area contributed by atoms with Crippen LogP contribution in [0.2, 0.25) is 0 Å². The summed E-state index contributed by atoms with van der Waals surface area (Å²) in [5.74, 6) is -0.541. The molecule has 1 aliphatic rings. The van der Waals surface area contributed by atoms with Gasteiger partial charge in [-0.1, -0.05) is 28.1 Å². The average molecular weight is 314 g/mol. The third-order valence-corrected chi connectivity index (χ3v) is 3.89. The largest absolute Gasteiger partial charge is 0.480 e. The normalized spacial score (nSPS) is 20.9. The minimum absolute atomic E-state index is 0.343. The summed E-state index contributed by atoms with van der Waals surface area (Å²) in [7, 11) is 0. The van der Waals surface area contributed by atoms with Gasteiger partial charge in [0.2, 0.25) is 0 Å². The predicted octanol–water partition coefficient (Wildman–Crippen LogP) is 1.91. The number of hydrogen-bond acceptors (Lipinski definition) is 3. The number of halogens is 1. The Morgan fingerprint density at radius 1 is 1.61 bits per heavy atom. The maximum atomic E-state index is 10.7. The van der Waals surface area contributed by atoms with Gasteiger partial charge >= 0.3 is 5.97 Å². The molecule has 18 heavy (non-hydrogen) atoms. The highest BCUT2D eigenvalue weighted by Crippen LogP contribution is 2.31. The maximum Gasteiger partial charge on any atom is 0.320 e. The van der Waals surface area contributed by atoms with Crippen LogP contribution in [0.5, 0.6) is 0 Å². The number of ether oxygens (including phenoxy) is 1. The molecule has 2 atom stereocenters. The van der Waals surface area contributed by atoms with Gasteiger partial charge in [-0.25, -0.2) is 0 Å². The van der Waals surface area contributed by atoms with Gasteiger partial charge in [0.25, 0.3) is 0 Å². The number of carbonyl (C=O) groups is 1. The zero-order valence-corrected chi connectivity index (χ0v) is 11.5. The molecule has 0 spiro atoms. The van der Waals surface area contributed by atoms with Crippen molar-refractivity contribution in [2.24, 2.45) is 5.73 Å². The first-order valence-electron chi connectivity index (χ1n) is 5.92. The molecule has 1 saturated heterocycles. The average Bonchev–Trinajstić information content (AvgIpc) is 2.82. The zero-order chi connectivity index (χ0) is 13.1. The fraction of sp³-hybridized carbons (Fsp3) is 0.462. The Balaban J connectivity index is 2.11. The summed E-state index contributed by atoms with van der Waals surface area (Å²) in [6.07, 6.45) is 1.38. The number of hydrogen-bond donors (Lipinski definition) is 2. The van der Waals surface area contributed by atoms with Gasteiger partial charge in [-0.15, -0.1) is 0 Å². The van der Waals surface area contributed by atoms with Crippen LogP contribution in [-0.4, -0.2) is 30.3 Å². The summed E-state index contributed by atoms with van der Waals surface area (Å²) in [6.45, 7) is 1.56. The molecule has 2 unspecified atom stereocenters. The van der Waals surface area contributed by atoms with Crippen LogP contribution in [0.1, 0.15) is 23.5 Å². The Morgan fingerprint density at radius 3 is 2.94 bits per heavy atom. The van der Waals surface area contributed by atoms with Crippen LogP contribution in [-0.2, 0) is 16.0 Å². The van der Waals surface area contributed by atoms with Crippen molar-refractivity contribution in [3.8, 4) is 0 Å². The molecule has 0 aliphatic carbocycles. The molecule has 2 rings (SSSR count). The van der Waals surface area contributed by atoms with Gasteiger partial charge in [0.05, 0.1) is 6.61 Å². The second-order valence-electron chi connectivity index (χ2n) is 4.57. The van der Waals surface area contributed by atoms with E-state index in [4.69, 9.17) is 15.6 Å².